The molecule has 29 heavy (non-hydrogen) atoms. The van der Waals surface area contributed by atoms with Crippen LogP contribution >= 0.6 is 11.3 Å². The number of thiazole rings is 1. The molecule has 3 aromatic rings. The average molecular weight is 402 g/mol. The van der Waals surface area contributed by atoms with E-state index >= 15 is 0 Å². The summed E-state index contributed by atoms with van der Waals surface area (Å²) in [6.07, 6.45) is 3.33. The number of hydrogen-bond donors (Lipinski definition) is 1. The van der Waals surface area contributed by atoms with Gasteiger partial charge in [-0.05, 0) is 35.9 Å². The fraction of sp³-hybridized carbons (Fsp3) is 0.0909. The van der Waals surface area contributed by atoms with Crippen LogP contribution in [0.2, 0.25) is 0 Å². The molecule has 1 aromatic heterocycles. The standard InChI is InChI=1S/C22H18N4O2S/c1-16(27)26(20-5-3-2-4-6-20)22-25-19(15-29-22)11-12-21(28)24-18-9-7-17(8-10-18)13-14-23/h2-12,15H,13H2,1H3,(H,24,28)/b12-11+. The molecule has 0 saturated heterocycles. The van der Waals surface area contributed by atoms with E-state index in [1.54, 1.807) is 35.7 Å². The Labute approximate surface area is 172 Å². The van der Waals surface area contributed by atoms with Crippen LogP contribution in [-0.4, -0.2) is 16.8 Å². The van der Waals surface area contributed by atoms with Gasteiger partial charge in [0, 0.05) is 24.1 Å². The Morgan fingerprint density at radius 3 is 2.55 bits per heavy atom. The number of nitriles is 1. The summed E-state index contributed by atoms with van der Waals surface area (Å²) in [4.78, 5) is 30.2. The van der Waals surface area contributed by atoms with E-state index < -0.39 is 0 Å². The number of hydrogen-bond acceptors (Lipinski definition) is 5. The van der Waals surface area contributed by atoms with E-state index in [9.17, 15) is 9.59 Å². The normalized spacial score (nSPS) is 10.5. The maximum atomic E-state index is 12.1. The third kappa shape index (κ3) is 5.37. The zero-order chi connectivity index (χ0) is 20.6. The number of aromatic nitrogens is 1. The molecule has 1 N–H and O–H groups in total. The number of benzene rings is 2. The third-order valence-electron chi connectivity index (χ3n) is 3.94. The van der Waals surface area contributed by atoms with Gasteiger partial charge in [0.1, 0.15) is 0 Å². The van der Waals surface area contributed by atoms with Crippen molar-refractivity contribution in [3.8, 4) is 6.07 Å². The number of nitrogens with one attached hydrogen (secondary N) is 1. The van der Waals surface area contributed by atoms with Gasteiger partial charge in [0.25, 0.3) is 0 Å². The van der Waals surface area contributed by atoms with Crippen molar-refractivity contribution in [2.45, 2.75) is 13.3 Å². The Bertz CT molecular complexity index is 1070. The zero-order valence-electron chi connectivity index (χ0n) is 15.7. The number of rotatable bonds is 6. The SMILES string of the molecule is CC(=O)N(c1ccccc1)c1nc(/C=C/C(=O)Nc2ccc(CC#N)cc2)cs1. The highest BCUT2D eigenvalue weighted by molar-refractivity contribution is 7.14. The van der Waals surface area contributed by atoms with E-state index in [2.05, 4.69) is 16.4 Å². The van der Waals surface area contributed by atoms with Crippen LogP contribution in [0.25, 0.3) is 6.08 Å². The molecule has 0 bridgehead atoms. The van der Waals surface area contributed by atoms with Gasteiger partial charge in [-0.2, -0.15) is 5.26 Å². The van der Waals surface area contributed by atoms with Crippen molar-refractivity contribution in [3.63, 3.8) is 0 Å². The smallest absolute Gasteiger partial charge is 0.248 e. The number of nitrogens with zero attached hydrogens (tertiary/aromatic N) is 3. The highest BCUT2D eigenvalue weighted by Gasteiger charge is 2.17. The Hall–Kier alpha value is -3.76. The highest BCUT2D eigenvalue weighted by Crippen LogP contribution is 2.29. The summed E-state index contributed by atoms with van der Waals surface area (Å²) >= 11 is 1.33. The molecule has 0 unspecified atom stereocenters. The molecule has 7 heteroatoms. The lowest BCUT2D eigenvalue weighted by Gasteiger charge is -2.17. The Kier molecular flexibility index (Phi) is 6.51. The molecule has 0 aliphatic heterocycles. The van der Waals surface area contributed by atoms with Crippen LogP contribution in [0.15, 0.2) is 66.1 Å². The lowest BCUT2D eigenvalue weighted by Crippen LogP contribution is -2.22. The summed E-state index contributed by atoms with van der Waals surface area (Å²) in [5.41, 5.74) is 2.87. The molecular weight excluding hydrogens is 384 g/mol. The first-order valence-electron chi connectivity index (χ1n) is 8.83. The van der Waals surface area contributed by atoms with E-state index in [-0.39, 0.29) is 11.8 Å². The van der Waals surface area contributed by atoms with E-state index in [4.69, 9.17) is 5.26 Å². The van der Waals surface area contributed by atoms with E-state index in [0.717, 1.165) is 11.3 Å². The van der Waals surface area contributed by atoms with Crippen LogP contribution in [0.3, 0.4) is 0 Å². The number of para-hydroxylation sites is 1. The van der Waals surface area contributed by atoms with Crippen LogP contribution in [0.5, 0.6) is 0 Å². The summed E-state index contributed by atoms with van der Waals surface area (Å²) in [5, 5.41) is 13.8. The summed E-state index contributed by atoms with van der Waals surface area (Å²) in [6, 6.07) is 18.5. The van der Waals surface area contributed by atoms with E-state index in [0.29, 0.717) is 22.9 Å². The Morgan fingerprint density at radius 1 is 1.17 bits per heavy atom. The van der Waals surface area contributed by atoms with Gasteiger partial charge in [0.15, 0.2) is 5.13 Å². The van der Waals surface area contributed by atoms with Crippen LogP contribution < -0.4 is 10.2 Å². The Morgan fingerprint density at radius 2 is 1.90 bits per heavy atom. The minimum atomic E-state index is -0.293. The molecule has 2 aromatic carbocycles. The van der Waals surface area contributed by atoms with Crippen molar-refractivity contribution < 1.29 is 9.59 Å². The van der Waals surface area contributed by atoms with Gasteiger partial charge in [-0.3, -0.25) is 14.5 Å². The molecule has 0 radical (unpaired) electrons. The second kappa shape index (κ2) is 9.44. The largest absolute Gasteiger partial charge is 0.323 e. The van der Waals surface area contributed by atoms with Gasteiger partial charge in [-0.1, -0.05) is 30.3 Å². The van der Waals surface area contributed by atoms with Crippen LogP contribution in [0, 0.1) is 11.3 Å². The molecule has 3 rings (SSSR count). The van der Waals surface area contributed by atoms with Crippen molar-refractivity contribution in [3.05, 3.63) is 77.3 Å². The molecule has 0 aliphatic carbocycles. The van der Waals surface area contributed by atoms with Crippen LogP contribution in [0.4, 0.5) is 16.5 Å². The molecule has 0 atom stereocenters. The quantitative estimate of drug-likeness (QED) is 0.613. The molecule has 0 fully saturated rings. The minimum Gasteiger partial charge on any atom is -0.323 e. The average Bonchev–Trinajstić information content (AvgIpc) is 3.17. The van der Waals surface area contributed by atoms with Gasteiger partial charge in [0.05, 0.1) is 23.9 Å². The van der Waals surface area contributed by atoms with Crippen molar-refractivity contribution in [2.75, 3.05) is 10.2 Å². The highest BCUT2D eigenvalue weighted by atomic mass is 32.1. The summed E-state index contributed by atoms with van der Waals surface area (Å²) in [6.45, 7) is 1.49. The molecule has 0 aliphatic rings. The second-order valence-corrected chi connectivity index (χ2v) is 6.94. The van der Waals surface area contributed by atoms with Crippen molar-refractivity contribution in [2.24, 2.45) is 0 Å². The van der Waals surface area contributed by atoms with Gasteiger partial charge in [-0.25, -0.2) is 4.98 Å². The molecule has 6 nitrogen and oxygen atoms in total. The molecule has 2 amide bonds. The first kappa shape index (κ1) is 20.0. The molecule has 144 valence electrons. The summed E-state index contributed by atoms with van der Waals surface area (Å²) in [7, 11) is 0. The van der Waals surface area contributed by atoms with Crippen molar-refractivity contribution in [1.29, 1.82) is 5.26 Å². The number of amides is 2. The second-order valence-electron chi connectivity index (χ2n) is 6.10. The Balaban J connectivity index is 1.67. The van der Waals surface area contributed by atoms with E-state index in [1.807, 2.05) is 30.3 Å². The lowest BCUT2D eigenvalue weighted by atomic mass is 10.1. The maximum Gasteiger partial charge on any atom is 0.248 e. The van der Waals surface area contributed by atoms with Crippen LogP contribution in [-0.2, 0) is 16.0 Å². The summed E-state index contributed by atoms with van der Waals surface area (Å²) in [5.74, 6) is -0.433. The number of carbonyl (C=O) groups excluding carboxylic acids is 2. The maximum absolute atomic E-state index is 12.1. The number of carbonyl (C=O) groups is 2. The topological polar surface area (TPSA) is 86.1 Å². The first-order valence-corrected chi connectivity index (χ1v) is 9.71. The molecular formula is C22H18N4O2S. The minimum absolute atomic E-state index is 0.140. The van der Waals surface area contributed by atoms with Gasteiger partial charge < -0.3 is 5.32 Å². The van der Waals surface area contributed by atoms with Gasteiger partial charge in [-0.15, -0.1) is 11.3 Å². The number of anilines is 3. The van der Waals surface area contributed by atoms with E-state index in [1.165, 1.54) is 29.2 Å². The van der Waals surface area contributed by atoms with Gasteiger partial charge in [0.2, 0.25) is 11.8 Å². The molecule has 1 heterocycles. The zero-order valence-corrected chi connectivity index (χ0v) is 16.5. The first-order chi connectivity index (χ1) is 14.1. The van der Waals surface area contributed by atoms with Gasteiger partial charge >= 0.3 is 0 Å². The fourth-order valence-electron chi connectivity index (χ4n) is 2.60. The predicted octanol–water partition coefficient (Wildman–Crippen LogP) is 4.55. The van der Waals surface area contributed by atoms with Crippen molar-refractivity contribution >= 4 is 45.7 Å². The monoisotopic (exact) mass is 402 g/mol. The summed E-state index contributed by atoms with van der Waals surface area (Å²) < 4.78 is 0. The molecule has 0 saturated carbocycles. The fourth-order valence-corrected chi connectivity index (χ4v) is 3.46. The molecule has 0 spiro atoms. The van der Waals surface area contributed by atoms with Crippen molar-refractivity contribution in [1.82, 2.24) is 4.98 Å². The lowest BCUT2D eigenvalue weighted by molar-refractivity contribution is -0.116. The predicted molar refractivity (Wildman–Crippen MR) is 115 cm³/mol. The third-order valence-corrected chi connectivity index (χ3v) is 4.78. The van der Waals surface area contributed by atoms with Crippen LogP contribution in [0.1, 0.15) is 18.2 Å².